The molecule has 0 amide bonds. The molecular weight excluding hydrogens is 358 g/mol. The normalized spacial score (nSPS) is 15.2. The van der Waals surface area contributed by atoms with Gasteiger partial charge >= 0.3 is 0 Å². The van der Waals surface area contributed by atoms with Crippen LogP contribution in [-0.2, 0) is 19.6 Å². The maximum atomic E-state index is 8.60. The number of benzene rings is 2. The molecule has 1 saturated heterocycles. The Morgan fingerprint density at radius 2 is 1.86 bits per heavy atom. The minimum Gasteiger partial charge on any atom is -0.494 e. The van der Waals surface area contributed by atoms with Crippen molar-refractivity contribution in [2.45, 2.75) is 52.2 Å². The molecule has 0 aromatic heterocycles. The van der Waals surface area contributed by atoms with Gasteiger partial charge in [0.25, 0.3) is 0 Å². The van der Waals surface area contributed by atoms with Gasteiger partial charge in [0.2, 0.25) is 0 Å². The minimum atomic E-state index is 0.539. The van der Waals surface area contributed by atoms with Gasteiger partial charge in [0.1, 0.15) is 5.75 Å². The fourth-order valence-corrected chi connectivity index (χ4v) is 3.77. The molecule has 1 aliphatic rings. The highest BCUT2D eigenvalue weighted by atomic mass is 16.5. The summed E-state index contributed by atoms with van der Waals surface area (Å²) in [6, 6.07) is 19.2. The molecule has 1 N–H and O–H groups in total. The molecule has 0 radical (unpaired) electrons. The van der Waals surface area contributed by atoms with Crippen LogP contribution in [0.1, 0.15) is 49.3 Å². The van der Waals surface area contributed by atoms with E-state index in [0.29, 0.717) is 13.0 Å². The second-order valence-electron chi connectivity index (χ2n) is 8.09. The second-order valence-corrected chi connectivity index (χ2v) is 8.09. The molecule has 29 heavy (non-hydrogen) atoms. The molecule has 0 bridgehead atoms. The molecule has 2 aromatic rings. The van der Waals surface area contributed by atoms with Gasteiger partial charge in [-0.3, -0.25) is 4.90 Å². The molecule has 0 aliphatic carbocycles. The van der Waals surface area contributed by atoms with Crippen molar-refractivity contribution in [2.24, 2.45) is 5.92 Å². The number of piperidine rings is 1. The van der Waals surface area contributed by atoms with E-state index in [4.69, 9.17) is 10.00 Å². The summed E-state index contributed by atoms with van der Waals surface area (Å²) in [5.41, 5.74) is 4.03. The first kappa shape index (κ1) is 21.4. The zero-order valence-electron chi connectivity index (χ0n) is 17.6. The van der Waals surface area contributed by atoms with E-state index in [1.54, 1.807) is 0 Å². The summed E-state index contributed by atoms with van der Waals surface area (Å²) in [6.07, 6.45) is 3.94. The lowest BCUT2D eigenvalue weighted by molar-refractivity contribution is 0.185. The average molecular weight is 392 g/mol. The van der Waals surface area contributed by atoms with Gasteiger partial charge in [-0.1, -0.05) is 43.3 Å². The van der Waals surface area contributed by atoms with Crippen molar-refractivity contribution in [2.75, 3.05) is 19.7 Å². The molecule has 1 aliphatic heterocycles. The van der Waals surface area contributed by atoms with Crippen molar-refractivity contribution in [3.05, 3.63) is 65.2 Å². The van der Waals surface area contributed by atoms with Crippen LogP contribution < -0.4 is 10.1 Å². The fraction of sp³-hybridized carbons (Fsp3) is 0.480. The van der Waals surface area contributed by atoms with Gasteiger partial charge in [0.05, 0.1) is 12.7 Å². The van der Waals surface area contributed by atoms with Crippen LogP contribution in [0.15, 0.2) is 48.5 Å². The molecule has 0 atom stereocenters. The van der Waals surface area contributed by atoms with Crippen LogP contribution in [0.2, 0.25) is 0 Å². The van der Waals surface area contributed by atoms with Crippen molar-refractivity contribution in [3.63, 3.8) is 0 Å². The topological polar surface area (TPSA) is 48.3 Å². The fourth-order valence-electron chi connectivity index (χ4n) is 3.77. The molecule has 1 fully saturated rings. The lowest BCUT2D eigenvalue weighted by atomic mass is 9.98. The number of nitrogens with one attached hydrogen (secondary N) is 1. The first-order valence-corrected chi connectivity index (χ1v) is 10.8. The van der Waals surface area contributed by atoms with Gasteiger partial charge in [-0.25, -0.2) is 0 Å². The SMILES string of the molecule is CC1CCN(Cc2ccccc2CNCc2cccc(OCCCC#N)c2)CC1. The lowest BCUT2D eigenvalue weighted by Crippen LogP contribution is -2.32. The highest BCUT2D eigenvalue weighted by molar-refractivity contribution is 5.29. The van der Waals surface area contributed by atoms with E-state index < -0.39 is 0 Å². The predicted octanol–water partition coefficient (Wildman–Crippen LogP) is 4.89. The van der Waals surface area contributed by atoms with Crippen molar-refractivity contribution >= 4 is 0 Å². The monoisotopic (exact) mass is 391 g/mol. The van der Waals surface area contributed by atoms with Crippen LogP contribution in [0, 0.1) is 17.2 Å². The third kappa shape index (κ3) is 7.20. The van der Waals surface area contributed by atoms with E-state index in [0.717, 1.165) is 37.7 Å². The van der Waals surface area contributed by atoms with Gasteiger partial charge in [0.15, 0.2) is 0 Å². The summed E-state index contributed by atoms with van der Waals surface area (Å²) in [6.45, 7) is 8.11. The second kappa shape index (κ2) is 11.6. The summed E-state index contributed by atoms with van der Waals surface area (Å²) < 4.78 is 5.74. The Morgan fingerprint density at radius 3 is 2.66 bits per heavy atom. The Kier molecular flexibility index (Phi) is 8.55. The summed E-state index contributed by atoms with van der Waals surface area (Å²) >= 11 is 0. The third-order valence-corrected chi connectivity index (χ3v) is 5.63. The number of hydrogen-bond acceptors (Lipinski definition) is 4. The number of rotatable bonds is 10. The Bertz CT molecular complexity index is 791. The number of unbranched alkanes of at least 4 members (excludes halogenated alkanes) is 1. The number of nitriles is 1. The Labute approximate surface area is 175 Å². The van der Waals surface area contributed by atoms with Crippen molar-refractivity contribution in [1.82, 2.24) is 10.2 Å². The summed E-state index contributed by atoms with van der Waals surface area (Å²) in [5, 5.41) is 12.2. The molecule has 4 heteroatoms. The lowest BCUT2D eigenvalue weighted by Gasteiger charge is -2.30. The molecule has 1 heterocycles. The highest BCUT2D eigenvalue weighted by Crippen LogP contribution is 2.20. The zero-order chi connectivity index (χ0) is 20.3. The summed E-state index contributed by atoms with van der Waals surface area (Å²) in [5.74, 6) is 1.75. The van der Waals surface area contributed by atoms with Crippen LogP contribution in [0.4, 0.5) is 0 Å². The number of ether oxygens (including phenoxy) is 1. The van der Waals surface area contributed by atoms with E-state index >= 15 is 0 Å². The van der Waals surface area contributed by atoms with Crippen LogP contribution in [0.3, 0.4) is 0 Å². The van der Waals surface area contributed by atoms with E-state index in [2.05, 4.69) is 59.6 Å². The number of likely N-dealkylation sites (tertiary alicyclic amines) is 1. The van der Waals surface area contributed by atoms with Crippen LogP contribution in [0.5, 0.6) is 5.75 Å². The van der Waals surface area contributed by atoms with E-state index in [1.165, 1.54) is 42.6 Å². The Balaban J connectivity index is 1.49. The van der Waals surface area contributed by atoms with Gasteiger partial charge in [-0.2, -0.15) is 5.26 Å². The summed E-state index contributed by atoms with van der Waals surface area (Å²) in [4.78, 5) is 2.59. The molecule has 0 saturated carbocycles. The van der Waals surface area contributed by atoms with Crippen molar-refractivity contribution in [1.29, 1.82) is 5.26 Å². The quantitative estimate of drug-likeness (QED) is 0.586. The van der Waals surface area contributed by atoms with Crippen LogP contribution >= 0.6 is 0 Å². The van der Waals surface area contributed by atoms with E-state index in [1.807, 2.05) is 12.1 Å². The molecular formula is C25H33N3O. The average Bonchev–Trinajstić information content (AvgIpc) is 2.74. The number of hydrogen-bond donors (Lipinski definition) is 1. The number of nitrogens with zero attached hydrogens (tertiary/aromatic N) is 2. The van der Waals surface area contributed by atoms with Gasteiger partial charge in [-0.15, -0.1) is 0 Å². The molecule has 4 nitrogen and oxygen atoms in total. The highest BCUT2D eigenvalue weighted by Gasteiger charge is 2.16. The molecule has 0 spiro atoms. The van der Waals surface area contributed by atoms with E-state index in [-0.39, 0.29) is 0 Å². The van der Waals surface area contributed by atoms with Crippen molar-refractivity contribution in [3.8, 4) is 11.8 Å². The smallest absolute Gasteiger partial charge is 0.119 e. The maximum absolute atomic E-state index is 8.60. The van der Waals surface area contributed by atoms with Gasteiger partial charge in [-0.05, 0) is 67.1 Å². The first-order valence-electron chi connectivity index (χ1n) is 10.8. The Morgan fingerprint density at radius 1 is 1.07 bits per heavy atom. The maximum Gasteiger partial charge on any atom is 0.119 e. The van der Waals surface area contributed by atoms with Gasteiger partial charge < -0.3 is 10.1 Å². The molecule has 154 valence electrons. The zero-order valence-corrected chi connectivity index (χ0v) is 17.6. The van der Waals surface area contributed by atoms with E-state index in [9.17, 15) is 0 Å². The van der Waals surface area contributed by atoms with Crippen LogP contribution in [0.25, 0.3) is 0 Å². The largest absolute Gasteiger partial charge is 0.494 e. The minimum absolute atomic E-state index is 0.539. The standard InChI is InChI=1S/C25H33N3O/c1-21-11-14-28(15-12-21)20-24-9-3-2-8-23(24)19-27-18-22-7-6-10-25(17-22)29-16-5-4-13-26/h2-3,6-10,17,21,27H,4-5,11-12,14-16,18-20H2,1H3. The molecule has 3 rings (SSSR count). The van der Waals surface area contributed by atoms with Crippen molar-refractivity contribution < 1.29 is 4.74 Å². The summed E-state index contributed by atoms with van der Waals surface area (Å²) in [7, 11) is 0. The first-order chi connectivity index (χ1) is 14.2. The third-order valence-electron chi connectivity index (χ3n) is 5.63. The van der Waals surface area contributed by atoms with Crippen LogP contribution in [-0.4, -0.2) is 24.6 Å². The van der Waals surface area contributed by atoms with Gasteiger partial charge in [0, 0.05) is 26.1 Å². The predicted molar refractivity (Wildman–Crippen MR) is 117 cm³/mol. The molecule has 2 aromatic carbocycles. The Hall–Kier alpha value is -2.35. The molecule has 0 unspecified atom stereocenters.